The van der Waals surface area contributed by atoms with Gasteiger partial charge in [-0.1, -0.05) is 0 Å². The smallest absolute Gasteiger partial charge is 0.271 e. The molecular weight excluding hydrogens is 290 g/mol. The lowest BCUT2D eigenvalue weighted by Crippen LogP contribution is -2.30. The van der Waals surface area contributed by atoms with Gasteiger partial charge in [0.15, 0.2) is 16.6 Å². The van der Waals surface area contributed by atoms with Gasteiger partial charge in [-0.15, -0.1) is 11.3 Å². The molecule has 110 valence electrons. The van der Waals surface area contributed by atoms with Gasteiger partial charge >= 0.3 is 0 Å². The Hall–Kier alpha value is -2.28. The number of carbonyl (C=O) groups excluding carboxylic acids is 1. The second-order valence-electron chi connectivity index (χ2n) is 4.86. The fraction of sp³-hybridized carbons (Fsp3) is 0.286. The van der Waals surface area contributed by atoms with Gasteiger partial charge < -0.3 is 20.1 Å². The van der Waals surface area contributed by atoms with Crippen LogP contribution in [0.3, 0.4) is 0 Å². The van der Waals surface area contributed by atoms with Crippen molar-refractivity contribution in [2.45, 2.75) is 19.9 Å². The van der Waals surface area contributed by atoms with Crippen LogP contribution in [0.15, 0.2) is 23.6 Å². The zero-order valence-electron chi connectivity index (χ0n) is 11.7. The number of amides is 1. The summed E-state index contributed by atoms with van der Waals surface area (Å²) in [5.41, 5.74) is 1.25. The first-order valence-electron chi connectivity index (χ1n) is 6.55. The van der Waals surface area contributed by atoms with E-state index in [4.69, 9.17) is 9.47 Å². The SMILES string of the molecule is CC(C)NC(=O)c1csc(Nc2ccc3c(c2)OCO3)n1. The van der Waals surface area contributed by atoms with Crippen LogP contribution < -0.4 is 20.1 Å². The van der Waals surface area contributed by atoms with E-state index < -0.39 is 0 Å². The lowest BCUT2D eigenvalue weighted by Gasteiger charge is -2.05. The molecule has 2 N–H and O–H groups in total. The van der Waals surface area contributed by atoms with Crippen LogP contribution in [-0.4, -0.2) is 23.7 Å². The molecule has 3 rings (SSSR count). The molecule has 0 bridgehead atoms. The maximum Gasteiger partial charge on any atom is 0.271 e. The van der Waals surface area contributed by atoms with E-state index in [2.05, 4.69) is 15.6 Å². The number of thiazole rings is 1. The first-order valence-corrected chi connectivity index (χ1v) is 7.43. The van der Waals surface area contributed by atoms with E-state index >= 15 is 0 Å². The quantitative estimate of drug-likeness (QED) is 0.908. The predicted octanol–water partition coefficient (Wildman–Crippen LogP) is 2.75. The van der Waals surface area contributed by atoms with Crippen LogP contribution >= 0.6 is 11.3 Å². The molecule has 0 saturated carbocycles. The van der Waals surface area contributed by atoms with Crippen molar-refractivity contribution < 1.29 is 14.3 Å². The molecule has 0 radical (unpaired) electrons. The maximum absolute atomic E-state index is 11.8. The lowest BCUT2D eigenvalue weighted by molar-refractivity contribution is 0.0939. The summed E-state index contributed by atoms with van der Waals surface area (Å²) in [6.45, 7) is 4.07. The number of carbonyl (C=O) groups is 1. The van der Waals surface area contributed by atoms with Crippen LogP contribution in [0.4, 0.5) is 10.8 Å². The molecule has 0 fully saturated rings. The molecule has 21 heavy (non-hydrogen) atoms. The standard InChI is InChI=1S/C14H15N3O3S/c1-8(2)15-13(18)10-6-21-14(17-10)16-9-3-4-11-12(5-9)20-7-19-11/h3-6,8H,7H2,1-2H3,(H,15,18)(H,16,17). The fourth-order valence-corrected chi connectivity index (χ4v) is 2.58. The maximum atomic E-state index is 11.8. The monoisotopic (exact) mass is 305 g/mol. The molecular formula is C14H15N3O3S. The summed E-state index contributed by atoms with van der Waals surface area (Å²) in [5, 5.41) is 8.35. The van der Waals surface area contributed by atoms with Crippen LogP contribution in [-0.2, 0) is 0 Å². The number of hydrogen-bond donors (Lipinski definition) is 2. The number of rotatable bonds is 4. The van der Waals surface area contributed by atoms with Crippen LogP contribution in [0.1, 0.15) is 24.3 Å². The average molecular weight is 305 g/mol. The number of nitrogens with zero attached hydrogens (tertiary/aromatic N) is 1. The summed E-state index contributed by atoms with van der Waals surface area (Å²) in [5.74, 6) is 1.27. The summed E-state index contributed by atoms with van der Waals surface area (Å²) in [7, 11) is 0. The lowest BCUT2D eigenvalue weighted by atomic mass is 10.3. The molecule has 7 heteroatoms. The van der Waals surface area contributed by atoms with Gasteiger partial charge in [0.05, 0.1) is 0 Å². The summed E-state index contributed by atoms with van der Waals surface area (Å²) in [6, 6.07) is 5.65. The number of hydrogen-bond acceptors (Lipinski definition) is 6. The molecule has 1 aromatic heterocycles. The van der Waals surface area contributed by atoms with E-state index in [-0.39, 0.29) is 18.7 Å². The Balaban J connectivity index is 1.71. The molecule has 0 aliphatic carbocycles. The molecule has 0 spiro atoms. The highest BCUT2D eigenvalue weighted by atomic mass is 32.1. The molecule has 1 aliphatic heterocycles. The Morgan fingerprint density at radius 2 is 2.14 bits per heavy atom. The molecule has 2 aromatic rings. The highest BCUT2D eigenvalue weighted by Gasteiger charge is 2.15. The van der Waals surface area contributed by atoms with E-state index in [1.165, 1.54) is 11.3 Å². The van der Waals surface area contributed by atoms with Crippen molar-refractivity contribution in [1.29, 1.82) is 0 Å². The zero-order chi connectivity index (χ0) is 14.8. The summed E-state index contributed by atoms with van der Waals surface area (Å²) < 4.78 is 10.6. The first-order chi connectivity index (χ1) is 10.1. The van der Waals surface area contributed by atoms with Crippen molar-refractivity contribution in [3.8, 4) is 11.5 Å². The van der Waals surface area contributed by atoms with E-state index in [0.29, 0.717) is 16.6 Å². The number of aromatic nitrogens is 1. The van der Waals surface area contributed by atoms with Gasteiger partial charge in [-0.25, -0.2) is 4.98 Å². The van der Waals surface area contributed by atoms with Crippen molar-refractivity contribution in [3.63, 3.8) is 0 Å². The third-order valence-corrected chi connectivity index (χ3v) is 3.54. The van der Waals surface area contributed by atoms with Crippen LogP contribution in [0.25, 0.3) is 0 Å². The van der Waals surface area contributed by atoms with Crippen molar-refractivity contribution in [3.05, 3.63) is 29.3 Å². The predicted molar refractivity (Wildman–Crippen MR) is 80.6 cm³/mol. The third kappa shape index (κ3) is 3.08. The van der Waals surface area contributed by atoms with Crippen molar-refractivity contribution in [1.82, 2.24) is 10.3 Å². The summed E-state index contributed by atoms with van der Waals surface area (Å²) in [4.78, 5) is 16.1. The topological polar surface area (TPSA) is 72.5 Å². The third-order valence-electron chi connectivity index (χ3n) is 2.78. The minimum atomic E-state index is -0.167. The summed E-state index contributed by atoms with van der Waals surface area (Å²) >= 11 is 1.38. The minimum Gasteiger partial charge on any atom is -0.454 e. The van der Waals surface area contributed by atoms with Crippen LogP contribution in [0.5, 0.6) is 11.5 Å². The molecule has 1 aliphatic rings. The number of fused-ring (bicyclic) bond motifs is 1. The van der Waals surface area contributed by atoms with E-state index in [9.17, 15) is 4.79 Å². The van der Waals surface area contributed by atoms with Gasteiger partial charge in [0.25, 0.3) is 5.91 Å². The van der Waals surface area contributed by atoms with Gasteiger partial charge in [-0.05, 0) is 26.0 Å². The number of benzene rings is 1. The molecule has 6 nitrogen and oxygen atoms in total. The second-order valence-corrected chi connectivity index (χ2v) is 5.72. The van der Waals surface area contributed by atoms with Crippen molar-refractivity contribution in [2.75, 3.05) is 12.1 Å². The normalized spacial score (nSPS) is 12.5. The molecule has 0 saturated heterocycles. The number of nitrogens with one attached hydrogen (secondary N) is 2. The Bertz CT molecular complexity index is 669. The zero-order valence-corrected chi connectivity index (χ0v) is 12.5. The van der Waals surface area contributed by atoms with Crippen LogP contribution in [0, 0.1) is 0 Å². The Morgan fingerprint density at radius 1 is 1.33 bits per heavy atom. The number of ether oxygens (including phenoxy) is 2. The van der Waals surface area contributed by atoms with E-state index in [1.54, 1.807) is 5.38 Å². The van der Waals surface area contributed by atoms with Gasteiger partial charge in [0, 0.05) is 23.2 Å². The molecule has 0 unspecified atom stereocenters. The number of anilines is 2. The van der Waals surface area contributed by atoms with E-state index in [1.807, 2.05) is 32.0 Å². The Kier molecular flexibility index (Phi) is 3.66. The molecule has 2 heterocycles. The van der Waals surface area contributed by atoms with Gasteiger partial charge in [-0.2, -0.15) is 0 Å². The fourth-order valence-electron chi connectivity index (χ4n) is 1.87. The first kappa shape index (κ1) is 13.7. The van der Waals surface area contributed by atoms with Gasteiger partial charge in [-0.3, -0.25) is 4.79 Å². The van der Waals surface area contributed by atoms with Crippen molar-refractivity contribution >= 4 is 28.1 Å². The van der Waals surface area contributed by atoms with Crippen LogP contribution in [0.2, 0.25) is 0 Å². The van der Waals surface area contributed by atoms with E-state index in [0.717, 1.165) is 11.4 Å². The Morgan fingerprint density at radius 3 is 2.95 bits per heavy atom. The molecule has 0 atom stereocenters. The second kappa shape index (κ2) is 5.61. The highest BCUT2D eigenvalue weighted by Crippen LogP contribution is 2.35. The average Bonchev–Trinajstić information content (AvgIpc) is 3.06. The van der Waals surface area contributed by atoms with Gasteiger partial charge in [0.2, 0.25) is 6.79 Å². The largest absolute Gasteiger partial charge is 0.454 e. The minimum absolute atomic E-state index is 0.0875. The Labute approximate surface area is 126 Å². The van der Waals surface area contributed by atoms with Crippen molar-refractivity contribution in [2.24, 2.45) is 0 Å². The van der Waals surface area contributed by atoms with Gasteiger partial charge in [0.1, 0.15) is 5.69 Å². The molecule has 1 aromatic carbocycles. The molecule has 1 amide bonds. The summed E-state index contributed by atoms with van der Waals surface area (Å²) in [6.07, 6.45) is 0. The highest BCUT2D eigenvalue weighted by molar-refractivity contribution is 7.14.